The molecule has 2 aromatic rings. The minimum atomic E-state index is 0.778. The lowest BCUT2D eigenvalue weighted by atomic mass is 9.95. The second-order valence-electron chi connectivity index (χ2n) is 5.53. The quantitative estimate of drug-likeness (QED) is 0.793. The molecule has 3 rings (SSSR count). The molecule has 2 nitrogen and oxygen atoms in total. The first-order valence-electron chi connectivity index (χ1n) is 7.09. The van der Waals surface area contributed by atoms with E-state index in [9.17, 15) is 0 Å². The second-order valence-corrected chi connectivity index (χ2v) is 5.53. The lowest BCUT2D eigenvalue weighted by Crippen LogP contribution is -2.34. The molecule has 1 aliphatic carbocycles. The zero-order valence-corrected chi connectivity index (χ0v) is 11.2. The third-order valence-electron chi connectivity index (χ3n) is 4.25. The van der Waals surface area contributed by atoms with Gasteiger partial charge < -0.3 is 4.57 Å². The van der Waals surface area contributed by atoms with Gasteiger partial charge in [0.1, 0.15) is 0 Å². The molecule has 0 bridgehead atoms. The van der Waals surface area contributed by atoms with Crippen molar-refractivity contribution >= 4 is 10.9 Å². The van der Waals surface area contributed by atoms with Crippen LogP contribution in [0, 0.1) is 0 Å². The van der Waals surface area contributed by atoms with Gasteiger partial charge in [-0.05, 0) is 37.4 Å². The Morgan fingerprint density at radius 3 is 2.72 bits per heavy atom. The standard InChI is InChI=1S/C16H22N2/c1-17(15-8-3-2-4-9-15)13-18-12-11-14-7-5-6-10-16(14)18/h5-7,10-12,15H,2-4,8-9,13H2,1H3. The Morgan fingerprint density at radius 1 is 1.11 bits per heavy atom. The Hall–Kier alpha value is -1.28. The molecular weight excluding hydrogens is 220 g/mol. The maximum atomic E-state index is 2.52. The zero-order chi connectivity index (χ0) is 12.4. The van der Waals surface area contributed by atoms with Gasteiger partial charge in [0.25, 0.3) is 0 Å². The molecule has 1 saturated carbocycles. The summed E-state index contributed by atoms with van der Waals surface area (Å²) < 4.78 is 2.37. The molecule has 0 spiro atoms. The SMILES string of the molecule is CN(Cn1ccc2ccccc21)C1CCCCC1. The molecule has 1 aromatic carbocycles. The second kappa shape index (κ2) is 5.15. The molecule has 0 unspecified atom stereocenters. The van der Waals surface area contributed by atoms with Crippen LogP contribution < -0.4 is 0 Å². The summed E-state index contributed by atoms with van der Waals surface area (Å²) in [4.78, 5) is 2.52. The van der Waals surface area contributed by atoms with Crippen molar-refractivity contribution in [2.75, 3.05) is 7.05 Å². The van der Waals surface area contributed by atoms with Crippen LogP contribution in [0.1, 0.15) is 32.1 Å². The lowest BCUT2D eigenvalue weighted by Gasteiger charge is -2.31. The van der Waals surface area contributed by atoms with Crippen molar-refractivity contribution in [3.63, 3.8) is 0 Å². The molecule has 1 aliphatic rings. The van der Waals surface area contributed by atoms with Gasteiger partial charge in [-0.25, -0.2) is 0 Å². The van der Waals surface area contributed by atoms with Gasteiger partial charge in [-0.2, -0.15) is 0 Å². The number of hydrogen-bond donors (Lipinski definition) is 0. The topological polar surface area (TPSA) is 8.17 Å². The van der Waals surface area contributed by atoms with Gasteiger partial charge in [0.15, 0.2) is 0 Å². The van der Waals surface area contributed by atoms with Crippen LogP contribution in [0.2, 0.25) is 0 Å². The van der Waals surface area contributed by atoms with Gasteiger partial charge in [-0.3, -0.25) is 4.90 Å². The maximum Gasteiger partial charge on any atom is 0.0750 e. The summed E-state index contributed by atoms with van der Waals surface area (Å²) >= 11 is 0. The molecule has 1 heterocycles. The van der Waals surface area contributed by atoms with Crippen LogP contribution in [0.4, 0.5) is 0 Å². The highest BCUT2D eigenvalue weighted by atomic mass is 15.2. The Labute approximate surface area is 109 Å². The molecule has 0 atom stereocenters. The predicted octanol–water partition coefficient (Wildman–Crippen LogP) is 3.86. The van der Waals surface area contributed by atoms with Crippen LogP contribution in [-0.4, -0.2) is 22.6 Å². The van der Waals surface area contributed by atoms with Crippen LogP contribution in [0.15, 0.2) is 36.5 Å². The van der Waals surface area contributed by atoms with E-state index >= 15 is 0 Å². The van der Waals surface area contributed by atoms with Crippen LogP contribution in [0.25, 0.3) is 10.9 Å². The first-order chi connectivity index (χ1) is 8.84. The summed E-state index contributed by atoms with van der Waals surface area (Å²) in [6.45, 7) is 1.01. The molecule has 1 aromatic heterocycles. The minimum Gasteiger partial charge on any atom is -0.334 e. The van der Waals surface area contributed by atoms with Gasteiger partial charge in [-0.15, -0.1) is 0 Å². The molecule has 96 valence electrons. The smallest absolute Gasteiger partial charge is 0.0750 e. The third-order valence-corrected chi connectivity index (χ3v) is 4.25. The van der Waals surface area contributed by atoms with E-state index < -0.39 is 0 Å². The van der Waals surface area contributed by atoms with Crippen molar-refractivity contribution in [2.24, 2.45) is 0 Å². The highest BCUT2D eigenvalue weighted by Gasteiger charge is 2.18. The number of benzene rings is 1. The molecule has 0 aliphatic heterocycles. The molecule has 0 saturated heterocycles. The number of hydrogen-bond acceptors (Lipinski definition) is 1. The van der Waals surface area contributed by atoms with E-state index in [0.717, 1.165) is 12.7 Å². The monoisotopic (exact) mass is 242 g/mol. The molecule has 2 heteroatoms. The molecule has 18 heavy (non-hydrogen) atoms. The molecule has 1 fully saturated rings. The van der Waals surface area contributed by atoms with E-state index in [1.807, 2.05) is 0 Å². The predicted molar refractivity (Wildman–Crippen MR) is 76.6 cm³/mol. The van der Waals surface area contributed by atoms with Crippen molar-refractivity contribution < 1.29 is 0 Å². The molecule has 0 N–H and O–H groups in total. The Kier molecular flexibility index (Phi) is 3.37. The summed E-state index contributed by atoms with van der Waals surface area (Å²) in [5, 5.41) is 1.34. The van der Waals surface area contributed by atoms with Crippen molar-refractivity contribution in [3.8, 4) is 0 Å². The summed E-state index contributed by atoms with van der Waals surface area (Å²) in [6.07, 6.45) is 9.19. The Balaban J connectivity index is 1.75. The van der Waals surface area contributed by atoms with Gasteiger partial charge in [-0.1, -0.05) is 37.5 Å². The fourth-order valence-electron chi connectivity index (χ4n) is 3.14. The minimum absolute atomic E-state index is 0.778. The zero-order valence-electron chi connectivity index (χ0n) is 11.2. The van der Waals surface area contributed by atoms with E-state index in [1.165, 1.54) is 43.0 Å². The van der Waals surface area contributed by atoms with Gasteiger partial charge >= 0.3 is 0 Å². The number of aromatic nitrogens is 1. The van der Waals surface area contributed by atoms with Crippen LogP contribution >= 0.6 is 0 Å². The van der Waals surface area contributed by atoms with E-state index in [4.69, 9.17) is 0 Å². The van der Waals surface area contributed by atoms with E-state index in [2.05, 4.69) is 53.0 Å². The van der Waals surface area contributed by atoms with Crippen LogP contribution in [0.3, 0.4) is 0 Å². The van der Waals surface area contributed by atoms with E-state index in [-0.39, 0.29) is 0 Å². The van der Waals surface area contributed by atoms with Crippen molar-refractivity contribution in [3.05, 3.63) is 36.5 Å². The fraction of sp³-hybridized carbons (Fsp3) is 0.500. The normalized spacial score (nSPS) is 17.7. The highest BCUT2D eigenvalue weighted by Crippen LogP contribution is 2.23. The van der Waals surface area contributed by atoms with Crippen LogP contribution in [0.5, 0.6) is 0 Å². The average Bonchev–Trinajstić information content (AvgIpc) is 2.83. The Morgan fingerprint density at radius 2 is 1.89 bits per heavy atom. The fourth-order valence-corrected chi connectivity index (χ4v) is 3.14. The van der Waals surface area contributed by atoms with Crippen molar-refractivity contribution in [1.29, 1.82) is 0 Å². The molecule has 0 radical (unpaired) electrons. The highest BCUT2D eigenvalue weighted by molar-refractivity contribution is 5.79. The first-order valence-corrected chi connectivity index (χ1v) is 7.09. The van der Waals surface area contributed by atoms with E-state index in [1.54, 1.807) is 0 Å². The molecular formula is C16H22N2. The van der Waals surface area contributed by atoms with Gasteiger partial charge in [0.2, 0.25) is 0 Å². The van der Waals surface area contributed by atoms with Crippen LogP contribution in [-0.2, 0) is 6.67 Å². The van der Waals surface area contributed by atoms with Crippen molar-refractivity contribution in [1.82, 2.24) is 9.47 Å². The van der Waals surface area contributed by atoms with Gasteiger partial charge in [0, 0.05) is 17.8 Å². The summed E-state index contributed by atoms with van der Waals surface area (Å²) in [6, 6.07) is 11.6. The summed E-state index contributed by atoms with van der Waals surface area (Å²) in [7, 11) is 2.27. The number of fused-ring (bicyclic) bond motifs is 1. The average molecular weight is 242 g/mol. The number of rotatable bonds is 3. The van der Waals surface area contributed by atoms with E-state index in [0.29, 0.717) is 0 Å². The summed E-state index contributed by atoms with van der Waals surface area (Å²) in [5.74, 6) is 0. The maximum absolute atomic E-state index is 2.52. The summed E-state index contributed by atoms with van der Waals surface area (Å²) in [5.41, 5.74) is 1.35. The Bertz CT molecular complexity index is 509. The van der Waals surface area contributed by atoms with Crippen molar-refractivity contribution in [2.45, 2.75) is 44.8 Å². The molecule has 0 amide bonds. The number of para-hydroxylation sites is 1. The number of nitrogens with zero attached hydrogens (tertiary/aromatic N) is 2. The third kappa shape index (κ3) is 2.30. The van der Waals surface area contributed by atoms with Gasteiger partial charge in [0.05, 0.1) is 6.67 Å². The first kappa shape index (κ1) is 11.8. The lowest BCUT2D eigenvalue weighted by molar-refractivity contribution is 0.156. The largest absolute Gasteiger partial charge is 0.334 e.